The molecule has 0 N–H and O–H groups in total. The minimum absolute atomic E-state index is 0.456. The maximum atomic E-state index is 10.9. The van der Waals surface area contributed by atoms with Crippen LogP contribution in [0.1, 0.15) is 0 Å². The molecule has 0 amide bonds. The van der Waals surface area contributed by atoms with Crippen molar-refractivity contribution in [2.24, 2.45) is 0 Å². The first-order chi connectivity index (χ1) is 6.15. The summed E-state index contributed by atoms with van der Waals surface area (Å²) in [6.07, 6.45) is 1.13. The maximum Gasteiger partial charge on any atom is 0.335 e. The van der Waals surface area contributed by atoms with Crippen molar-refractivity contribution in [2.75, 3.05) is 0 Å². The molecule has 0 bridgehead atoms. The highest BCUT2D eigenvalue weighted by molar-refractivity contribution is 14.1. The highest BCUT2D eigenvalue weighted by Crippen LogP contribution is 2.29. The zero-order valence-corrected chi connectivity index (χ0v) is 10.3. The van der Waals surface area contributed by atoms with Gasteiger partial charge in [-0.1, -0.05) is 12.6 Å². The van der Waals surface area contributed by atoms with E-state index >= 15 is 0 Å². The number of benzene rings is 1. The Bertz CT molecular complexity index is 349. The van der Waals surface area contributed by atoms with E-state index in [1.165, 1.54) is 0 Å². The maximum absolute atomic E-state index is 10.9. The Hall–Kier alpha value is -0.360. The van der Waals surface area contributed by atoms with Crippen LogP contribution in [0.3, 0.4) is 0 Å². The predicted octanol–water partition coefficient (Wildman–Crippen LogP) is 3.15. The van der Waals surface area contributed by atoms with Crippen LogP contribution in [0.15, 0.2) is 35.3 Å². The van der Waals surface area contributed by atoms with Gasteiger partial charge in [0.05, 0.1) is 4.47 Å². The number of ether oxygens (including phenoxy) is 1. The Kier molecular flexibility index (Phi) is 3.92. The van der Waals surface area contributed by atoms with Crippen molar-refractivity contribution in [1.82, 2.24) is 0 Å². The summed E-state index contributed by atoms with van der Waals surface area (Å²) in [7, 11) is 0. The fourth-order valence-corrected chi connectivity index (χ4v) is 1.53. The fourth-order valence-electron chi connectivity index (χ4n) is 0.713. The molecule has 1 aromatic rings. The van der Waals surface area contributed by atoms with Gasteiger partial charge in [0, 0.05) is 9.65 Å². The molecular formula is C9H6BrIO2. The Labute approximate surface area is 98.2 Å². The zero-order chi connectivity index (χ0) is 9.84. The topological polar surface area (TPSA) is 26.3 Å². The van der Waals surface area contributed by atoms with E-state index in [0.29, 0.717) is 5.75 Å². The first kappa shape index (κ1) is 10.7. The van der Waals surface area contributed by atoms with Gasteiger partial charge in [-0.25, -0.2) is 4.79 Å². The first-order valence-electron chi connectivity index (χ1n) is 3.43. The van der Waals surface area contributed by atoms with Crippen LogP contribution in [0.5, 0.6) is 5.75 Å². The number of carbonyl (C=O) groups is 1. The zero-order valence-electron chi connectivity index (χ0n) is 6.59. The third-order valence-corrected chi connectivity index (χ3v) is 3.75. The molecule has 0 aliphatic rings. The van der Waals surface area contributed by atoms with Gasteiger partial charge < -0.3 is 4.74 Å². The van der Waals surface area contributed by atoms with Crippen LogP contribution in [0, 0.1) is 3.57 Å². The van der Waals surface area contributed by atoms with Gasteiger partial charge in [-0.3, -0.25) is 0 Å². The van der Waals surface area contributed by atoms with Gasteiger partial charge in [-0.05, 0) is 50.7 Å². The molecule has 1 rings (SSSR count). The minimum Gasteiger partial charge on any atom is -0.422 e. The smallest absolute Gasteiger partial charge is 0.335 e. The first-order valence-corrected chi connectivity index (χ1v) is 5.30. The van der Waals surface area contributed by atoms with Crippen LogP contribution < -0.4 is 4.74 Å². The SMILES string of the molecule is C=CC(=O)Oc1cccc(I)c1Br. The van der Waals surface area contributed by atoms with E-state index in [-0.39, 0.29) is 0 Å². The second-order valence-corrected chi connectivity index (χ2v) is 4.13. The summed E-state index contributed by atoms with van der Waals surface area (Å²) in [5.74, 6) is 0.0551. The summed E-state index contributed by atoms with van der Waals surface area (Å²) in [5, 5.41) is 0. The standard InChI is InChI=1S/C9H6BrIO2/c1-2-8(12)13-7-5-3-4-6(11)9(7)10/h2-5H,1H2. The fraction of sp³-hybridized carbons (Fsp3) is 0. The lowest BCUT2D eigenvalue weighted by molar-refractivity contribution is -0.129. The summed E-state index contributed by atoms with van der Waals surface area (Å²) < 4.78 is 6.74. The van der Waals surface area contributed by atoms with Crippen molar-refractivity contribution < 1.29 is 9.53 Å². The van der Waals surface area contributed by atoms with E-state index in [2.05, 4.69) is 45.1 Å². The summed E-state index contributed by atoms with van der Waals surface area (Å²) in [6, 6.07) is 5.45. The lowest BCUT2D eigenvalue weighted by atomic mass is 10.3. The van der Waals surface area contributed by atoms with Crippen molar-refractivity contribution in [3.63, 3.8) is 0 Å². The Morgan fingerprint density at radius 2 is 2.31 bits per heavy atom. The molecule has 0 saturated carbocycles. The second kappa shape index (κ2) is 4.76. The van der Waals surface area contributed by atoms with E-state index in [1.54, 1.807) is 6.07 Å². The quantitative estimate of drug-likeness (QED) is 0.354. The molecule has 13 heavy (non-hydrogen) atoms. The lowest BCUT2D eigenvalue weighted by Crippen LogP contribution is -2.03. The van der Waals surface area contributed by atoms with Crippen molar-refractivity contribution >= 4 is 44.5 Å². The van der Waals surface area contributed by atoms with E-state index in [1.807, 2.05) is 12.1 Å². The lowest BCUT2D eigenvalue weighted by Gasteiger charge is -2.04. The van der Waals surface area contributed by atoms with Gasteiger partial charge >= 0.3 is 5.97 Å². The van der Waals surface area contributed by atoms with Crippen LogP contribution in [-0.4, -0.2) is 5.97 Å². The average Bonchev–Trinajstić information content (AvgIpc) is 2.13. The van der Waals surface area contributed by atoms with Gasteiger partial charge in [0.15, 0.2) is 0 Å². The normalized spacial score (nSPS) is 9.38. The van der Waals surface area contributed by atoms with Gasteiger partial charge in [-0.2, -0.15) is 0 Å². The third kappa shape index (κ3) is 2.80. The molecular weight excluding hydrogens is 347 g/mol. The molecule has 0 aromatic heterocycles. The Morgan fingerprint density at radius 1 is 1.62 bits per heavy atom. The second-order valence-electron chi connectivity index (χ2n) is 2.18. The summed E-state index contributed by atoms with van der Waals surface area (Å²) in [5.41, 5.74) is 0. The van der Waals surface area contributed by atoms with E-state index in [4.69, 9.17) is 4.74 Å². The molecule has 1 aromatic carbocycles. The number of halogens is 2. The predicted molar refractivity (Wildman–Crippen MR) is 62.7 cm³/mol. The molecule has 0 unspecified atom stereocenters. The van der Waals surface area contributed by atoms with Crippen molar-refractivity contribution in [2.45, 2.75) is 0 Å². The molecule has 68 valence electrons. The molecule has 2 nitrogen and oxygen atoms in total. The highest BCUT2D eigenvalue weighted by Gasteiger charge is 2.06. The molecule has 0 aliphatic heterocycles. The van der Waals surface area contributed by atoms with Gasteiger partial charge in [0.25, 0.3) is 0 Å². The number of hydrogen-bond acceptors (Lipinski definition) is 2. The molecule has 0 spiro atoms. The summed E-state index contributed by atoms with van der Waals surface area (Å²) in [4.78, 5) is 10.9. The van der Waals surface area contributed by atoms with Gasteiger partial charge in [-0.15, -0.1) is 0 Å². The van der Waals surface area contributed by atoms with Crippen molar-refractivity contribution in [3.05, 3.63) is 38.9 Å². The van der Waals surface area contributed by atoms with Crippen LogP contribution in [0.25, 0.3) is 0 Å². The van der Waals surface area contributed by atoms with Crippen LogP contribution in [0.4, 0.5) is 0 Å². The molecule has 0 radical (unpaired) electrons. The van der Waals surface area contributed by atoms with Crippen LogP contribution in [-0.2, 0) is 4.79 Å². The highest BCUT2D eigenvalue weighted by atomic mass is 127. The molecule has 0 fully saturated rings. The molecule has 4 heteroatoms. The molecule has 0 saturated heterocycles. The van der Waals surface area contributed by atoms with Crippen LogP contribution in [0.2, 0.25) is 0 Å². The Morgan fingerprint density at radius 3 is 2.92 bits per heavy atom. The number of rotatable bonds is 2. The van der Waals surface area contributed by atoms with Crippen LogP contribution >= 0.6 is 38.5 Å². The van der Waals surface area contributed by atoms with Gasteiger partial charge in [0.2, 0.25) is 0 Å². The largest absolute Gasteiger partial charge is 0.422 e. The van der Waals surface area contributed by atoms with Crippen molar-refractivity contribution in [1.29, 1.82) is 0 Å². The monoisotopic (exact) mass is 352 g/mol. The molecule has 0 heterocycles. The molecule has 0 atom stereocenters. The summed E-state index contributed by atoms with van der Waals surface area (Å²) in [6.45, 7) is 3.32. The number of carbonyl (C=O) groups excluding carboxylic acids is 1. The number of esters is 1. The van der Waals surface area contributed by atoms with Gasteiger partial charge in [0.1, 0.15) is 5.75 Å². The summed E-state index contributed by atoms with van der Waals surface area (Å²) >= 11 is 5.46. The number of hydrogen-bond donors (Lipinski definition) is 0. The molecule has 0 aliphatic carbocycles. The third-order valence-electron chi connectivity index (χ3n) is 1.29. The van der Waals surface area contributed by atoms with E-state index in [9.17, 15) is 4.79 Å². The van der Waals surface area contributed by atoms with E-state index < -0.39 is 5.97 Å². The Balaban J connectivity index is 2.95. The average molecular weight is 353 g/mol. The van der Waals surface area contributed by atoms with E-state index in [0.717, 1.165) is 14.1 Å². The minimum atomic E-state index is -0.456. The van der Waals surface area contributed by atoms with Crippen molar-refractivity contribution in [3.8, 4) is 5.75 Å².